The van der Waals surface area contributed by atoms with Crippen LogP contribution in [-0.2, 0) is 12.7 Å². The number of aryl methyl sites for hydroxylation is 1. The number of rotatable bonds is 5. The molecule has 8 nitrogen and oxygen atoms in total. The molecule has 2 aromatic heterocycles. The number of anilines is 5. The van der Waals surface area contributed by atoms with Gasteiger partial charge in [0.1, 0.15) is 5.82 Å². The normalized spacial score (nSPS) is 13.2. The molecule has 194 valence electrons. The van der Waals surface area contributed by atoms with Crippen LogP contribution in [0.1, 0.15) is 27.2 Å². The van der Waals surface area contributed by atoms with Gasteiger partial charge in [0.15, 0.2) is 0 Å². The quantitative estimate of drug-likeness (QED) is 0.355. The van der Waals surface area contributed by atoms with Gasteiger partial charge in [0.05, 0.1) is 24.1 Å². The molecule has 0 radical (unpaired) electrons. The number of fused-ring (bicyclic) bond motifs is 1. The van der Waals surface area contributed by atoms with Gasteiger partial charge in [-0.1, -0.05) is 12.1 Å². The maximum absolute atomic E-state index is 13.0. The zero-order chi connectivity index (χ0) is 26.9. The van der Waals surface area contributed by atoms with E-state index in [0.29, 0.717) is 24.8 Å². The number of hydrogen-bond donors (Lipinski definition) is 2. The van der Waals surface area contributed by atoms with Gasteiger partial charge >= 0.3 is 6.18 Å². The zero-order valence-corrected chi connectivity index (χ0v) is 20.6. The first kappa shape index (κ1) is 25.0. The van der Waals surface area contributed by atoms with Crippen LogP contribution in [0.5, 0.6) is 0 Å². The molecule has 1 aliphatic heterocycles. The van der Waals surface area contributed by atoms with Crippen molar-refractivity contribution >= 4 is 34.7 Å². The van der Waals surface area contributed by atoms with Crippen molar-refractivity contribution in [3.8, 4) is 0 Å². The van der Waals surface area contributed by atoms with Gasteiger partial charge in [0.2, 0.25) is 5.95 Å². The number of nitrogens with zero attached hydrogens (tertiary/aromatic N) is 5. The lowest BCUT2D eigenvalue weighted by Gasteiger charge is -2.36. The summed E-state index contributed by atoms with van der Waals surface area (Å²) in [5.41, 5.74) is 2.99. The van der Waals surface area contributed by atoms with E-state index in [1.54, 1.807) is 30.6 Å². The summed E-state index contributed by atoms with van der Waals surface area (Å²) in [6.07, 6.45) is -1.03. The first-order valence-electron chi connectivity index (χ1n) is 11.8. The predicted molar refractivity (Wildman–Crippen MR) is 140 cm³/mol. The van der Waals surface area contributed by atoms with Crippen molar-refractivity contribution in [1.29, 1.82) is 0 Å². The minimum atomic E-state index is -4.52. The van der Waals surface area contributed by atoms with Crippen LogP contribution in [0.15, 0.2) is 73.1 Å². The van der Waals surface area contributed by atoms with Gasteiger partial charge < -0.3 is 20.4 Å². The standard InChI is InChI=1S/C27H24F3N7O/c1-17-9-10-22(14-31-17)34-26-32-13-19-15-37(16-36(2)24(19)35-26)23-8-4-7-21(12-23)33-25(38)18-5-3-6-20(11-18)27(28,29)30/h3-14H,15-16H2,1-2H3,(H,33,38)(H,32,34,35). The lowest BCUT2D eigenvalue weighted by molar-refractivity contribution is -0.137. The number of aromatic nitrogens is 3. The zero-order valence-electron chi connectivity index (χ0n) is 20.6. The number of halogens is 3. The first-order chi connectivity index (χ1) is 18.2. The summed E-state index contributed by atoms with van der Waals surface area (Å²) in [7, 11) is 1.93. The smallest absolute Gasteiger partial charge is 0.349 e. The molecule has 0 fully saturated rings. The lowest BCUT2D eigenvalue weighted by Crippen LogP contribution is -2.41. The van der Waals surface area contributed by atoms with Crippen LogP contribution < -0.4 is 20.4 Å². The molecule has 38 heavy (non-hydrogen) atoms. The number of benzene rings is 2. The van der Waals surface area contributed by atoms with Gasteiger partial charge in [-0.25, -0.2) is 4.98 Å². The van der Waals surface area contributed by atoms with E-state index in [-0.39, 0.29) is 5.56 Å². The molecular weight excluding hydrogens is 495 g/mol. The summed E-state index contributed by atoms with van der Waals surface area (Å²) in [4.78, 5) is 30.1. The molecule has 0 saturated heterocycles. The maximum Gasteiger partial charge on any atom is 0.416 e. The third kappa shape index (κ3) is 5.51. The van der Waals surface area contributed by atoms with Crippen molar-refractivity contribution in [3.63, 3.8) is 0 Å². The third-order valence-corrected chi connectivity index (χ3v) is 6.04. The van der Waals surface area contributed by atoms with E-state index in [9.17, 15) is 18.0 Å². The number of amides is 1. The van der Waals surface area contributed by atoms with Crippen LogP contribution in [0.3, 0.4) is 0 Å². The fourth-order valence-corrected chi connectivity index (χ4v) is 4.14. The minimum Gasteiger partial charge on any atom is -0.349 e. The highest BCUT2D eigenvalue weighted by atomic mass is 19.4. The van der Waals surface area contributed by atoms with E-state index in [1.807, 2.05) is 37.1 Å². The first-order valence-corrected chi connectivity index (χ1v) is 11.8. The largest absolute Gasteiger partial charge is 0.416 e. The molecule has 3 heterocycles. The molecule has 0 aliphatic carbocycles. The summed E-state index contributed by atoms with van der Waals surface area (Å²) < 4.78 is 39.1. The monoisotopic (exact) mass is 519 g/mol. The molecule has 1 aliphatic rings. The van der Waals surface area contributed by atoms with E-state index in [1.165, 1.54) is 12.1 Å². The second kappa shape index (κ2) is 10.0. The van der Waals surface area contributed by atoms with Crippen LogP contribution in [-0.4, -0.2) is 34.6 Å². The Balaban J connectivity index is 1.30. The van der Waals surface area contributed by atoms with E-state index >= 15 is 0 Å². The number of pyridine rings is 1. The number of carbonyl (C=O) groups excluding carboxylic acids is 1. The van der Waals surface area contributed by atoms with Crippen molar-refractivity contribution in [2.75, 3.05) is 34.1 Å². The van der Waals surface area contributed by atoms with Gasteiger partial charge in [-0.3, -0.25) is 9.78 Å². The molecule has 0 bridgehead atoms. The van der Waals surface area contributed by atoms with E-state index in [2.05, 4.69) is 30.5 Å². The molecule has 2 N–H and O–H groups in total. The van der Waals surface area contributed by atoms with Crippen LogP contribution in [0.4, 0.5) is 42.0 Å². The van der Waals surface area contributed by atoms with Gasteiger partial charge in [-0.15, -0.1) is 0 Å². The van der Waals surface area contributed by atoms with Crippen LogP contribution in [0.25, 0.3) is 0 Å². The Labute approximate surface area is 217 Å². The second-order valence-corrected chi connectivity index (χ2v) is 8.98. The molecule has 0 atom stereocenters. The van der Waals surface area contributed by atoms with E-state index < -0.39 is 17.6 Å². The Hall–Kier alpha value is -4.67. The van der Waals surface area contributed by atoms with Crippen molar-refractivity contribution in [1.82, 2.24) is 15.0 Å². The highest BCUT2D eigenvalue weighted by Gasteiger charge is 2.31. The van der Waals surface area contributed by atoms with Crippen molar-refractivity contribution in [3.05, 3.63) is 95.4 Å². The number of nitrogens with one attached hydrogen (secondary N) is 2. The summed E-state index contributed by atoms with van der Waals surface area (Å²) in [5.74, 6) is 0.647. The minimum absolute atomic E-state index is 0.0696. The fourth-order valence-electron chi connectivity index (χ4n) is 4.14. The molecule has 0 saturated carbocycles. The molecule has 5 rings (SSSR count). The third-order valence-electron chi connectivity index (χ3n) is 6.04. The summed E-state index contributed by atoms with van der Waals surface area (Å²) >= 11 is 0. The Bertz CT molecular complexity index is 1470. The maximum atomic E-state index is 13.0. The highest BCUT2D eigenvalue weighted by molar-refractivity contribution is 6.04. The average molecular weight is 520 g/mol. The van der Waals surface area contributed by atoms with Crippen LogP contribution in [0, 0.1) is 6.92 Å². The Morgan fingerprint density at radius 2 is 1.79 bits per heavy atom. The van der Waals surface area contributed by atoms with E-state index in [4.69, 9.17) is 0 Å². The topological polar surface area (TPSA) is 86.3 Å². The Kier molecular flexibility index (Phi) is 6.58. The SMILES string of the molecule is Cc1ccc(Nc2ncc3c(n2)N(C)CN(c2cccc(NC(=O)c4cccc(C(F)(F)F)c4)c2)C3)cn1. The second-order valence-electron chi connectivity index (χ2n) is 8.98. The van der Waals surface area contributed by atoms with Crippen molar-refractivity contribution in [2.24, 2.45) is 0 Å². The fraction of sp³-hybridized carbons (Fsp3) is 0.185. The van der Waals surface area contributed by atoms with Gasteiger partial charge in [-0.2, -0.15) is 18.2 Å². The summed E-state index contributed by atoms with van der Waals surface area (Å²) in [6.45, 7) is 2.98. The molecule has 0 spiro atoms. The highest BCUT2D eigenvalue weighted by Crippen LogP contribution is 2.31. The lowest BCUT2D eigenvalue weighted by atomic mass is 10.1. The summed E-state index contributed by atoms with van der Waals surface area (Å²) in [6, 6.07) is 15.3. The van der Waals surface area contributed by atoms with E-state index in [0.717, 1.165) is 40.6 Å². The number of carbonyl (C=O) groups is 1. The van der Waals surface area contributed by atoms with Crippen molar-refractivity contribution < 1.29 is 18.0 Å². The molecule has 2 aromatic carbocycles. The van der Waals surface area contributed by atoms with Crippen LogP contribution in [0.2, 0.25) is 0 Å². The van der Waals surface area contributed by atoms with Gasteiger partial charge in [0, 0.05) is 48.0 Å². The van der Waals surface area contributed by atoms with Gasteiger partial charge in [0.25, 0.3) is 5.91 Å². The molecule has 11 heteroatoms. The van der Waals surface area contributed by atoms with Crippen LogP contribution >= 0.6 is 0 Å². The molecule has 4 aromatic rings. The number of hydrogen-bond acceptors (Lipinski definition) is 7. The molecular formula is C27H24F3N7O. The van der Waals surface area contributed by atoms with Crippen molar-refractivity contribution in [2.45, 2.75) is 19.6 Å². The summed E-state index contributed by atoms with van der Waals surface area (Å²) in [5, 5.41) is 5.86. The Morgan fingerprint density at radius 1 is 0.974 bits per heavy atom. The number of alkyl halides is 3. The Morgan fingerprint density at radius 3 is 2.55 bits per heavy atom. The van der Waals surface area contributed by atoms with Gasteiger partial charge in [-0.05, 0) is 55.5 Å². The predicted octanol–water partition coefficient (Wildman–Crippen LogP) is 5.61. The molecule has 1 amide bonds. The average Bonchev–Trinajstić information content (AvgIpc) is 2.90. The molecule has 0 unspecified atom stereocenters.